The number of hydrogen-bond acceptors (Lipinski definition) is 8. The number of anilines is 4. The summed E-state index contributed by atoms with van der Waals surface area (Å²) >= 11 is 0. The molecule has 0 aromatic heterocycles. The molecule has 0 spiro atoms. The Hall–Kier alpha value is -4.36. The SMILES string of the molecule is CCCCN(CCCC)S(=O)(=O)c1c(C)cc(C)c(Nc2ccc(Nc3c(C)cc(C)c(S(=O)(=O)N(CCCC)CCCC)c3CC)c3c2C(=O)c2ccccc2C3=O)c1CC. The van der Waals surface area contributed by atoms with Crippen molar-refractivity contribution >= 4 is 54.4 Å². The fourth-order valence-corrected chi connectivity index (χ4v) is 12.9. The molecular formula is C50H68N4O6S2. The summed E-state index contributed by atoms with van der Waals surface area (Å²) in [5.41, 5.74) is 6.97. The number of rotatable bonds is 22. The molecule has 0 atom stereocenters. The lowest BCUT2D eigenvalue weighted by Gasteiger charge is -2.29. The van der Waals surface area contributed by atoms with Crippen LogP contribution in [0.3, 0.4) is 0 Å². The van der Waals surface area contributed by atoms with Crippen molar-refractivity contribution in [1.82, 2.24) is 8.61 Å². The highest BCUT2D eigenvalue weighted by Gasteiger charge is 2.36. The van der Waals surface area contributed by atoms with Crippen LogP contribution in [0.1, 0.15) is 158 Å². The van der Waals surface area contributed by atoms with Crippen molar-refractivity contribution < 1.29 is 26.4 Å². The topological polar surface area (TPSA) is 133 Å². The molecule has 10 nitrogen and oxygen atoms in total. The lowest BCUT2D eigenvalue weighted by atomic mass is 9.82. The van der Waals surface area contributed by atoms with Crippen molar-refractivity contribution in [1.29, 1.82) is 0 Å². The van der Waals surface area contributed by atoms with Gasteiger partial charge in [-0.1, -0.05) is 104 Å². The first-order valence-corrected chi connectivity index (χ1v) is 25.6. The van der Waals surface area contributed by atoms with Gasteiger partial charge in [0.2, 0.25) is 20.0 Å². The third-order valence-electron chi connectivity index (χ3n) is 12.1. The first-order chi connectivity index (χ1) is 29.5. The van der Waals surface area contributed by atoms with Crippen LogP contribution in [-0.2, 0) is 32.9 Å². The summed E-state index contributed by atoms with van der Waals surface area (Å²) in [5.74, 6) is -0.686. The normalized spacial score (nSPS) is 12.9. The van der Waals surface area contributed by atoms with E-state index in [0.717, 1.165) is 62.5 Å². The Morgan fingerprint density at radius 1 is 0.484 bits per heavy atom. The van der Waals surface area contributed by atoms with Crippen LogP contribution in [0.5, 0.6) is 0 Å². The average Bonchev–Trinajstić information content (AvgIpc) is 3.24. The Kier molecular flexibility index (Phi) is 16.4. The highest BCUT2D eigenvalue weighted by atomic mass is 32.2. The molecule has 1 aliphatic carbocycles. The summed E-state index contributed by atoms with van der Waals surface area (Å²) in [6, 6.07) is 14.0. The second kappa shape index (κ2) is 20.9. The van der Waals surface area contributed by atoms with E-state index in [0.29, 0.717) is 84.0 Å². The first kappa shape index (κ1) is 48.7. The van der Waals surface area contributed by atoms with Crippen LogP contribution in [0.2, 0.25) is 0 Å². The van der Waals surface area contributed by atoms with Crippen molar-refractivity contribution in [2.45, 2.75) is 143 Å². The second-order valence-corrected chi connectivity index (χ2v) is 20.4. The molecule has 12 heteroatoms. The van der Waals surface area contributed by atoms with Crippen LogP contribution < -0.4 is 10.6 Å². The maximum atomic E-state index is 14.7. The molecule has 2 N–H and O–H groups in total. The largest absolute Gasteiger partial charge is 0.354 e. The number of hydrogen-bond donors (Lipinski definition) is 2. The van der Waals surface area contributed by atoms with Gasteiger partial charge in [0, 0.05) is 48.7 Å². The lowest BCUT2D eigenvalue weighted by molar-refractivity contribution is 0.0980. The third kappa shape index (κ3) is 9.59. The summed E-state index contributed by atoms with van der Waals surface area (Å²) in [6.07, 6.45) is 7.26. The Morgan fingerprint density at radius 3 is 1.10 bits per heavy atom. The smallest absolute Gasteiger partial charge is 0.243 e. The summed E-state index contributed by atoms with van der Waals surface area (Å²) in [7, 11) is -7.79. The number of sulfonamides is 2. The fraction of sp³-hybridized carbons (Fsp3) is 0.480. The molecule has 0 amide bonds. The predicted molar refractivity (Wildman–Crippen MR) is 254 cm³/mol. The molecule has 0 saturated carbocycles. The zero-order chi connectivity index (χ0) is 45.5. The van der Waals surface area contributed by atoms with E-state index in [9.17, 15) is 26.4 Å². The van der Waals surface area contributed by atoms with Gasteiger partial charge in [0.15, 0.2) is 11.6 Å². The summed E-state index contributed by atoms with van der Waals surface area (Å²) in [5, 5.41) is 7.01. The van der Waals surface area contributed by atoms with Crippen LogP contribution in [0, 0.1) is 27.7 Å². The number of ketones is 2. The van der Waals surface area contributed by atoms with Crippen molar-refractivity contribution in [3.63, 3.8) is 0 Å². The van der Waals surface area contributed by atoms with Gasteiger partial charge in [-0.15, -0.1) is 0 Å². The van der Waals surface area contributed by atoms with E-state index in [-0.39, 0.29) is 43.6 Å². The number of benzene rings is 4. The van der Waals surface area contributed by atoms with E-state index in [1.165, 1.54) is 0 Å². The standard InChI is InChI=1S/C50H68N4O6S2/c1-11-17-27-53(28-18-12-2)61(57,58)49-35(9)31-33(7)45(37(49)15-5)51-41-25-26-42(44-43(41)47(55)39-23-21-22-24-40(39)48(44)56)52-46-34(8)32-36(10)50(38(46)16-6)62(59,60)54(29-19-13-3)30-20-14-4/h21-26,31-32,51-52H,11-20,27-30H2,1-10H3. The molecule has 336 valence electrons. The minimum Gasteiger partial charge on any atom is -0.354 e. The lowest BCUT2D eigenvalue weighted by Crippen LogP contribution is -2.34. The van der Waals surface area contributed by atoms with Gasteiger partial charge in [0.25, 0.3) is 0 Å². The molecule has 5 rings (SSSR count). The predicted octanol–water partition coefficient (Wildman–Crippen LogP) is 11.5. The number of fused-ring (bicyclic) bond motifs is 2. The van der Waals surface area contributed by atoms with Crippen LogP contribution in [-0.4, -0.2) is 63.2 Å². The van der Waals surface area contributed by atoms with Crippen LogP contribution in [0.4, 0.5) is 22.7 Å². The van der Waals surface area contributed by atoms with Gasteiger partial charge in [-0.2, -0.15) is 8.61 Å². The number of carbonyl (C=O) groups excluding carboxylic acids is 2. The zero-order valence-corrected chi connectivity index (χ0v) is 40.3. The van der Waals surface area contributed by atoms with E-state index >= 15 is 0 Å². The molecule has 62 heavy (non-hydrogen) atoms. The number of carbonyl (C=O) groups is 2. The Morgan fingerprint density at radius 2 is 0.806 bits per heavy atom. The van der Waals surface area contributed by atoms with Gasteiger partial charge < -0.3 is 10.6 Å². The highest BCUT2D eigenvalue weighted by molar-refractivity contribution is 7.89. The van der Waals surface area contributed by atoms with Crippen LogP contribution >= 0.6 is 0 Å². The Bertz CT molecular complexity index is 2340. The molecule has 1 aliphatic rings. The number of unbranched alkanes of at least 4 members (excludes halogenated alkanes) is 4. The fourth-order valence-electron chi connectivity index (χ4n) is 8.85. The van der Waals surface area contributed by atoms with Gasteiger partial charge in [0.1, 0.15) is 0 Å². The van der Waals surface area contributed by atoms with Crippen molar-refractivity contribution in [2.24, 2.45) is 0 Å². The highest BCUT2D eigenvalue weighted by Crippen LogP contribution is 2.43. The van der Waals surface area contributed by atoms with Gasteiger partial charge in [0.05, 0.1) is 32.3 Å². The van der Waals surface area contributed by atoms with Crippen molar-refractivity contribution in [2.75, 3.05) is 36.8 Å². The van der Waals surface area contributed by atoms with E-state index in [4.69, 9.17) is 0 Å². The zero-order valence-electron chi connectivity index (χ0n) is 38.7. The van der Waals surface area contributed by atoms with Gasteiger partial charge >= 0.3 is 0 Å². The molecule has 0 heterocycles. The van der Waals surface area contributed by atoms with Gasteiger partial charge in [-0.05, 0) is 112 Å². The minimum atomic E-state index is -3.90. The molecule has 4 aromatic rings. The molecule has 0 unspecified atom stereocenters. The van der Waals surface area contributed by atoms with E-state index in [1.54, 1.807) is 45.0 Å². The second-order valence-electron chi connectivity index (χ2n) is 16.7. The summed E-state index contributed by atoms with van der Waals surface area (Å²) in [4.78, 5) is 30.0. The maximum Gasteiger partial charge on any atom is 0.243 e. The van der Waals surface area contributed by atoms with Crippen molar-refractivity contribution in [3.8, 4) is 0 Å². The monoisotopic (exact) mass is 884 g/mol. The third-order valence-corrected chi connectivity index (χ3v) is 16.3. The summed E-state index contributed by atoms with van der Waals surface area (Å²) in [6.45, 7) is 21.3. The van der Waals surface area contributed by atoms with Crippen LogP contribution in [0.15, 0.2) is 58.3 Å². The van der Waals surface area contributed by atoms with Gasteiger partial charge in [-0.25, -0.2) is 16.8 Å². The van der Waals surface area contributed by atoms with Crippen LogP contribution in [0.25, 0.3) is 0 Å². The molecule has 0 radical (unpaired) electrons. The number of nitrogens with one attached hydrogen (secondary N) is 2. The maximum absolute atomic E-state index is 14.7. The van der Waals surface area contributed by atoms with Gasteiger partial charge in [-0.3, -0.25) is 9.59 Å². The molecule has 0 saturated heterocycles. The quantitative estimate of drug-likeness (QED) is 0.0702. The minimum absolute atomic E-state index is 0.165. The molecular weight excluding hydrogens is 817 g/mol. The molecule has 0 fully saturated rings. The average molecular weight is 885 g/mol. The first-order valence-electron chi connectivity index (χ1n) is 22.7. The molecule has 4 aromatic carbocycles. The number of aryl methyl sites for hydroxylation is 4. The van der Waals surface area contributed by atoms with E-state index in [2.05, 4.69) is 38.3 Å². The summed E-state index contributed by atoms with van der Waals surface area (Å²) < 4.78 is 61.7. The van der Waals surface area contributed by atoms with E-state index < -0.39 is 20.0 Å². The molecule has 0 bridgehead atoms. The Labute approximate surface area is 372 Å². The molecule has 0 aliphatic heterocycles. The Balaban J connectivity index is 1.72. The van der Waals surface area contributed by atoms with Crippen molar-refractivity contribution in [3.05, 3.63) is 104 Å². The van der Waals surface area contributed by atoms with E-state index in [1.807, 2.05) is 53.7 Å². The number of nitrogens with zero attached hydrogens (tertiary/aromatic N) is 2.